The van der Waals surface area contributed by atoms with E-state index in [9.17, 15) is 9.50 Å². The second kappa shape index (κ2) is 7.78. The monoisotopic (exact) mass is 273 g/mol. The van der Waals surface area contributed by atoms with Crippen LogP contribution in [0.1, 0.15) is 23.5 Å². The number of aliphatic hydroxyl groups is 1. The largest absolute Gasteiger partial charge is 0.396 e. The van der Waals surface area contributed by atoms with Crippen molar-refractivity contribution >= 4 is 0 Å². The minimum atomic E-state index is -0.182. The van der Waals surface area contributed by atoms with Crippen LogP contribution in [-0.2, 0) is 6.54 Å². The Bertz CT molecular complexity index is 515. The predicted molar refractivity (Wildman–Crippen MR) is 79.0 cm³/mol. The van der Waals surface area contributed by atoms with Crippen LogP contribution in [0.3, 0.4) is 0 Å². The Morgan fingerprint density at radius 2 is 1.70 bits per heavy atom. The van der Waals surface area contributed by atoms with Crippen molar-refractivity contribution in [2.45, 2.75) is 18.9 Å². The van der Waals surface area contributed by atoms with Gasteiger partial charge >= 0.3 is 0 Å². The molecule has 0 aliphatic carbocycles. The van der Waals surface area contributed by atoms with Crippen molar-refractivity contribution in [3.8, 4) is 0 Å². The summed E-state index contributed by atoms with van der Waals surface area (Å²) < 4.78 is 13.5. The molecule has 2 rings (SSSR count). The summed E-state index contributed by atoms with van der Waals surface area (Å²) in [6, 6.07) is 16.9. The summed E-state index contributed by atoms with van der Waals surface area (Å²) in [5, 5.41) is 12.4. The van der Waals surface area contributed by atoms with Crippen LogP contribution in [0.15, 0.2) is 54.6 Å². The number of nitrogens with one attached hydrogen (secondary N) is 1. The van der Waals surface area contributed by atoms with Gasteiger partial charge in [-0.05, 0) is 24.0 Å². The quantitative estimate of drug-likeness (QED) is 0.812. The van der Waals surface area contributed by atoms with Gasteiger partial charge in [0.25, 0.3) is 0 Å². The van der Waals surface area contributed by atoms with Gasteiger partial charge in [-0.3, -0.25) is 0 Å². The molecule has 2 nitrogen and oxygen atoms in total. The summed E-state index contributed by atoms with van der Waals surface area (Å²) in [4.78, 5) is 0. The molecule has 1 unspecified atom stereocenters. The summed E-state index contributed by atoms with van der Waals surface area (Å²) in [5.41, 5.74) is 1.87. The molecule has 0 aliphatic rings. The number of benzene rings is 2. The SMILES string of the molecule is OCCC(CNCc1ccccc1F)c1ccccc1. The molecule has 0 aromatic heterocycles. The smallest absolute Gasteiger partial charge is 0.127 e. The van der Waals surface area contributed by atoms with Crippen LogP contribution in [0.2, 0.25) is 0 Å². The lowest BCUT2D eigenvalue weighted by molar-refractivity contribution is 0.273. The van der Waals surface area contributed by atoms with Gasteiger partial charge < -0.3 is 10.4 Å². The van der Waals surface area contributed by atoms with Crippen molar-refractivity contribution < 1.29 is 9.50 Å². The van der Waals surface area contributed by atoms with Crippen molar-refractivity contribution in [2.75, 3.05) is 13.2 Å². The lowest BCUT2D eigenvalue weighted by Crippen LogP contribution is -2.22. The molecule has 2 N–H and O–H groups in total. The Kier molecular flexibility index (Phi) is 5.71. The molecule has 106 valence electrons. The van der Waals surface area contributed by atoms with Gasteiger partial charge in [0.1, 0.15) is 5.82 Å². The van der Waals surface area contributed by atoms with Gasteiger partial charge in [-0.15, -0.1) is 0 Å². The van der Waals surface area contributed by atoms with Crippen LogP contribution in [0.4, 0.5) is 4.39 Å². The summed E-state index contributed by atoms with van der Waals surface area (Å²) >= 11 is 0. The third kappa shape index (κ3) is 4.15. The number of aliphatic hydroxyl groups excluding tert-OH is 1. The third-order valence-corrected chi connectivity index (χ3v) is 3.41. The average Bonchev–Trinajstić information content (AvgIpc) is 2.49. The minimum absolute atomic E-state index is 0.154. The van der Waals surface area contributed by atoms with Gasteiger partial charge in [0.05, 0.1) is 0 Å². The molecule has 0 fully saturated rings. The van der Waals surface area contributed by atoms with E-state index in [2.05, 4.69) is 17.4 Å². The van der Waals surface area contributed by atoms with Crippen LogP contribution in [0.25, 0.3) is 0 Å². The van der Waals surface area contributed by atoms with E-state index in [0.29, 0.717) is 18.5 Å². The zero-order valence-electron chi connectivity index (χ0n) is 11.4. The molecule has 2 aromatic rings. The zero-order chi connectivity index (χ0) is 14.2. The Morgan fingerprint density at radius 3 is 2.40 bits per heavy atom. The molecule has 0 heterocycles. The van der Waals surface area contributed by atoms with Crippen LogP contribution < -0.4 is 5.32 Å². The molecule has 2 aromatic carbocycles. The van der Waals surface area contributed by atoms with E-state index in [1.807, 2.05) is 24.3 Å². The van der Waals surface area contributed by atoms with Gasteiger partial charge in [-0.2, -0.15) is 0 Å². The van der Waals surface area contributed by atoms with E-state index < -0.39 is 0 Å². The molecule has 0 bridgehead atoms. The Morgan fingerprint density at radius 1 is 1.00 bits per heavy atom. The number of hydrogen-bond donors (Lipinski definition) is 2. The topological polar surface area (TPSA) is 32.3 Å². The normalized spacial score (nSPS) is 12.3. The second-order valence-electron chi connectivity index (χ2n) is 4.84. The highest BCUT2D eigenvalue weighted by molar-refractivity contribution is 5.20. The molecule has 0 aliphatic heterocycles. The first-order chi connectivity index (χ1) is 9.81. The number of hydrogen-bond acceptors (Lipinski definition) is 2. The highest BCUT2D eigenvalue weighted by atomic mass is 19.1. The first-order valence-corrected chi connectivity index (χ1v) is 6.91. The van der Waals surface area contributed by atoms with E-state index in [4.69, 9.17) is 0 Å². The van der Waals surface area contributed by atoms with Gasteiger partial charge in [0.15, 0.2) is 0 Å². The number of halogens is 1. The fraction of sp³-hybridized carbons (Fsp3) is 0.294. The molecule has 20 heavy (non-hydrogen) atoms. The van der Waals surface area contributed by atoms with Gasteiger partial charge in [0, 0.05) is 25.3 Å². The fourth-order valence-corrected chi connectivity index (χ4v) is 2.29. The predicted octanol–water partition coefficient (Wildman–Crippen LogP) is 3.08. The van der Waals surface area contributed by atoms with E-state index in [1.165, 1.54) is 11.6 Å². The lowest BCUT2D eigenvalue weighted by atomic mass is 9.96. The molecule has 0 spiro atoms. The van der Waals surface area contributed by atoms with Crippen molar-refractivity contribution in [1.29, 1.82) is 0 Å². The van der Waals surface area contributed by atoms with Crippen molar-refractivity contribution in [1.82, 2.24) is 5.32 Å². The summed E-state index contributed by atoms with van der Waals surface area (Å²) in [7, 11) is 0. The van der Waals surface area contributed by atoms with Gasteiger partial charge in [0.2, 0.25) is 0 Å². The molecule has 3 heteroatoms. The van der Waals surface area contributed by atoms with E-state index in [1.54, 1.807) is 12.1 Å². The summed E-state index contributed by atoms with van der Waals surface area (Å²) in [5.74, 6) is 0.0615. The van der Waals surface area contributed by atoms with Crippen molar-refractivity contribution in [2.24, 2.45) is 0 Å². The maximum absolute atomic E-state index is 13.5. The standard InChI is InChI=1S/C17H20FNO/c18-17-9-5-4-8-16(17)13-19-12-15(10-11-20)14-6-2-1-3-7-14/h1-9,15,19-20H,10-13H2. The van der Waals surface area contributed by atoms with Crippen LogP contribution >= 0.6 is 0 Å². The van der Waals surface area contributed by atoms with E-state index in [-0.39, 0.29) is 18.3 Å². The maximum atomic E-state index is 13.5. The molecule has 0 saturated carbocycles. The highest BCUT2D eigenvalue weighted by Crippen LogP contribution is 2.18. The maximum Gasteiger partial charge on any atom is 0.127 e. The first-order valence-electron chi connectivity index (χ1n) is 6.91. The van der Waals surface area contributed by atoms with Crippen LogP contribution in [0, 0.1) is 5.82 Å². The summed E-state index contributed by atoms with van der Waals surface area (Å²) in [6.07, 6.45) is 0.703. The van der Waals surface area contributed by atoms with Crippen molar-refractivity contribution in [3.63, 3.8) is 0 Å². The fourth-order valence-electron chi connectivity index (χ4n) is 2.29. The zero-order valence-corrected chi connectivity index (χ0v) is 11.4. The lowest BCUT2D eigenvalue weighted by Gasteiger charge is -2.17. The average molecular weight is 273 g/mol. The molecular weight excluding hydrogens is 253 g/mol. The van der Waals surface area contributed by atoms with Crippen LogP contribution in [0.5, 0.6) is 0 Å². The molecule has 1 atom stereocenters. The van der Waals surface area contributed by atoms with Crippen LogP contribution in [-0.4, -0.2) is 18.3 Å². The number of rotatable bonds is 7. The van der Waals surface area contributed by atoms with Gasteiger partial charge in [-0.25, -0.2) is 4.39 Å². The second-order valence-corrected chi connectivity index (χ2v) is 4.84. The first kappa shape index (κ1) is 14.7. The highest BCUT2D eigenvalue weighted by Gasteiger charge is 2.10. The minimum Gasteiger partial charge on any atom is -0.396 e. The van der Waals surface area contributed by atoms with Crippen molar-refractivity contribution in [3.05, 3.63) is 71.5 Å². The van der Waals surface area contributed by atoms with E-state index >= 15 is 0 Å². The van der Waals surface area contributed by atoms with E-state index in [0.717, 1.165) is 6.54 Å². The molecular formula is C17H20FNO. The third-order valence-electron chi connectivity index (χ3n) is 3.41. The Balaban J connectivity index is 1.92. The molecule has 0 amide bonds. The molecule has 0 saturated heterocycles. The Hall–Kier alpha value is -1.71. The summed E-state index contributed by atoms with van der Waals surface area (Å²) in [6.45, 7) is 1.38. The Labute approximate surface area is 119 Å². The van der Waals surface area contributed by atoms with Gasteiger partial charge in [-0.1, -0.05) is 48.5 Å². The molecule has 0 radical (unpaired) electrons.